The van der Waals surface area contributed by atoms with Gasteiger partial charge in [-0.3, -0.25) is 9.59 Å². The van der Waals surface area contributed by atoms with Gasteiger partial charge in [0.05, 0.1) is 11.8 Å². The van der Waals surface area contributed by atoms with Gasteiger partial charge in [-0.25, -0.2) is 4.98 Å². The first-order valence-electron chi connectivity index (χ1n) is 11.3. The van der Waals surface area contributed by atoms with E-state index in [1.165, 1.54) is 6.20 Å². The molecule has 2 aliphatic carbocycles. The van der Waals surface area contributed by atoms with Crippen LogP contribution in [0, 0.1) is 11.8 Å². The molecular weight excluding hydrogens is 463 g/mol. The topological polar surface area (TPSA) is 124 Å². The molecule has 3 N–H and O–H groups in total. The summed E-state index contributed by atoms with van der Waals surface area (Å²) in [6.07, 6.45) is 0.513. The van der Waals surface area contributed by atoms with Gasteiger partial charge in [-0.2, -0.15) is 18.2 Å². The monoisotopic (exact) mass is 485 g/mol. The predicted molar refractivity (Wildman–Crippen MR) is 118 cm³/mol. The van der Waals surface area contributed by atoms with Crippen molar-refractivity contribution >= 4 is 17.6 Å². The molecular formula is C24H22F3N5O3. The van der Waals surface area contributed by atoms with Crippen molar-refractivity contribution in [2.75, 3.05) is 5.32 Å². The third-order valence-electron chi connectivity index (χ3n) is 6.56. The van der Waals surface area contributed by atoms with Crippen molar-refractivity contribution in [2.45, 2.75) is 44.2 Å². The van der Waals surface area contributed by atoms with E-state index in [2.05, 4.69) is 20.4 Å². The first-order valence-corrected chi connectivity index (χ1v) is 11.3. The molecule has 0 unspecified atom stereocenters. The Balaban J connectivity index is 1.37. The van der Waals surface area contributed by atoms with Gasteiger partial charge in [0.25, 0.3) is 0 Å². The average molecular weight is 485 g/mol. The standard InChI is InChI=1S/C24H22F3N5O3/c25-24(26,27)18-11-17(18)22(34)30-19-10-13(7-8-29-19)12-5-6-15-14(9-12)3-1-2-4-16(15)21-31-23(20(28)33)35-32-21/h5-10,16-18H,1-4,11H2,(H2,28,33)(H,29,30,34)/t16-,17-,18+/m1/s1. The van der Waals surface area contributed by atoms with Crippen LogP contribution < -0.4 is 11.1 Å². The van der Waals surface area contributed by atoms with Gasteiger partial charge in [0.2, 0.25) is 5.91 Å². The molecule has 1 saturated carbocycles. The Morgan fingerprint density at radius 1 is 1.11 bits per heavy atom. The zero-order chi connectivity index (χ0) is 24.7. The molecule has 35 heavy (non-hydrogen) atoms. The summed E-state index contributed by atoms with van der Waals surface area (Å²) in [7, 11) is 0. The van der Waals surface area contributed by atoms with Crippen LogP contribution in [0.15, 0.2) is 41.1 Å². The fourth-order valence-electron chi connectivity index (χ4n) is 4.65. The molecule has 5 rings (SSSR count). The van der Waals surface area contributed by atoms with Crippen molar-refractivity contribution < 1.29 is 27.3 Å². The van der Waals surface area contributed by atoms with Gasteiger partial charge in [0.15, 0.2) is 5.82 Å². The molecule has 11 heteroatoms. The van der Waals surface area contributed by atoms with Crippen LogP contribution in [0.4, 0.5) is 19.0 Å². The highest BCUT2D eigenvalue weighted by Crippen LogP contribution is 2.50. The number of benzene rings is 1. The van der Waals surface area contributed by atoms with E-state index in [0.717, 1.165) is 47.9 Å². The maximum absolute atomic E-state index is 12.8. The number of nitrogens with zero attached hydrogens (tertiary/aromatic N) is 3. The van der Waals surface area contributed by atoms with Crippen LogP contribution in [0.3, 0.4) is 0 Å². The van der Waals surface area contributed by atoms with Crippen LogP contribution in [-0.2, 0) is 11.2 Å². The molecule has 2 aromatic heterocycles. The number of anilines is 1. The second-order valence-electron chi connectivity index (χ2n) is 8.94. The minimum absolute atomic E-state index is 0.134. The molecule has 0 aliphatic heterocycles. The maximum atomic E-state index is 12.8. The summed E-state index contributed by atoms with van der Waals surface area (Å²) in [5.41, 5.74) is 9.04. The summed E-state index contributed by atoms with van der Waals surface area (Å²) < 4.78 is 43.3. The Morgan fingerprint density at radius 2 is 1.91 bits per heavy atom. The van der Waals surface area contributed by atoms with E-state index in [4.69, 9.17) is 10.3 Å². The molecule has 1 fully saturated rings. The smallest absolute Gasteiger partial charge is 0.361 e. The summed E-state index contributed by atoms with van der Waals surface area (Å²) in [5.74, 6) is -3.82. The average Bonchev–Trinajstić information content (AvgIpc) is 3.55. The number of halogens is 3. The molecule has 0 bridgehead atoms. The van der Waals surface area contributed by atoms with Crippen LogP contribution in [0.2, 0.25) is 0 Å². The van der Waals surface area contributed by atoms with Gasteiger partial charge in [-0.1, -0.05) is 29.8 Å². The van der Waals surface area contributed by atoms with Crippen molar-refractivity contribution in [1.29, 1.82) is 0 Å². The first-order chi connectivity index (χ1) is 16.7. The van der Waals surface area contributed by atoms with Crippen molar-refractivity contribution in [3.8, 4) is 11.1 Å². The molecule has 1 aromatic carbocycles. The number of amides is 2. The summed E-state index contributed by atoms with van der Waals surface area (Å²) in [6.45, 7) is 0. The summed E-state index contributed by atoms with van der Waals surface area (Å²) in [4.78, 5) is 31.8. The Kier molecular flexibility index (Phi) is 5.78. The van der Waals surface area contributed by atoms with Gasteiger partial charge in [-0.05, 0) is 60.1 Å². The molecule has 8 nitrogen and oxygen atoms in total. The third-order valence-corrected chi connectivity index (χ3v) is 6.56. The number of fused-ring (bicyclic) bond motifs is 1. The van der Waals surface area contributed by atoms with Crippen LogP contribution in [0.25, 0.3) is 11.1 Å². The minimum atomic E-state index is -4.36. The number of alkyl halides is 3. The van der Waals surface area contributed by atoms with Crippen LogP contribution in [0.5, 0.6) is 0 Å². The second-order valence-corrected chi connectivity index (χ2v) is 8.94. The number of hydrogen-bond acceptors (Lipinski definition) is 6. The number of carbonyl (C=O) groups excluding carboxylic acids is 2. The zero-order valence-corrected chi connectivity index (χ0v) is 18.5. The van der Waals surface area contributed by atoms with E-state index < -0.39 is 29.8 Å². The van der Waals surface area contributed by atoms with E-state index in [1.807, 2.05) is 18.2 Å². The lowest BCUT2D eigenvalue weighted by molar-refractivity contribution is -0.153. The van der Waals surface area contributed by atoms with Gasteiger partial charge in [0, 0.05) is 12.1 Å². The highest BCUT2D eigenvalue weighted by atomic mass is 19.4. The highest BCUT2D eigenvalue weighted by molar-refractivity contribution is 5.94. The molecule has 2 amide bonds. The maximum Gasteiger partial charge on any atom is 0.392 e. The second kappa shape index (κ2) is 8.79. The molecule has 2 heterocycles. The molecule has 3 atom stereocenters. The van der Waals surface area contributed by atoms with Crippen LogP contribution in [0.1, 0.15) is 59.2 Å². The van der Waals surface area contributed by atoms with Gasteiger partial charge >= 0.3 is 18.0 Å². The van der Waals surface area contributed by atoms with Crippen molar-refractivity contribution in [2.24, 2.45) is 17.6 Å². The van der Waals surface area contributed by atoms with Gasteiger partial charge in [0.1, 0.15) is 5.82 Å². The number of carbonyl (C=O) groups is 2. The highest BCUT2D eigenvalue weighted by Gasteiger charge is 2.58. The number of aromatic nitrogens is 3. The van der Waals surface area contributed by atoms with Crippen molar-refractivity contribution in [1.82, 2.24) is 15.1 Å². The molecule has 0 spiro atoms. The number of pyridine rings is 1. The van der Waals surface area contributed by atoms with Crippen LogP contribution >= 0.6 is 0 Å². The SMILES string of the molecule is NC(=O)c1nc([C@@H]2CCCCc3cc(-c4ccnc(NC(=O)[C@@H]5C[C@@H]5C(F)(F)F)c4)ccc32)no1. The van der Waals surface area contributed by atoms with E-state index in [-0.39, 0.29) is 24.0 Å². The quantitative estimate of drug-likeness (QED) is 0.522. The minimum Gasteiger partial charge on any atom is -0.361 e. The molecule has 0 saturated heterocycles. The van der Waals surface area contributed by atoms with Crippen molar-refractivity contribution in [3.63, 3.8) is 0 Å². The summed E-state index contributed by atoms with van der Waals surface area (Å²) >= 11 is 0. The molecule has 2 aliphatic rings. The number of nitrogens with two attached hydrogens (primary N) is 1. The Labute approximate surface area is 198 Å². The van der Waals surface area contributed by atoms with Crippen LogP contribution in [-0.4, -0.2) is 33.1 Å². The van der Waals surface area contributed by atoms with Gasteiger partial charge < -0.3 is 15.6 Å². The van der Waals surface area contributed by atoms with Gasteiger partial charge in [-0.15, -0.1) is 0 Å². The Hall–Kier alpha value is -3.76. The van der Waals surface area contributed by atoms with E-state index in [1.54, 1.807) is 12.1 Å². The Morgan fingerprint density at radius 3 is 2.63 bits per heavy atom. The number of hydrogen-bond donors (Lipinski definition) is 2. The fourth-order valence-corrected chi connectivity index (χ4v) is 4.65. The first kappa shape index (κ1) is 23.0. The number of rotatable bonds is 5. The summed E-state index contributed by atoms with van der Waals surface area (Å²) in [6, 6.07) is 9.38. The normalized spacial score (nSPS) is 21.6. The lowest BCUT2D eigenvalue weighted by Gasteiger charge is -2.16. The van der Waals surface area contributed by atoms with E-state index in [9.17, 15) is 22.8 Å². The third kappa shape index (κ3) is 4.75. The zero-order valence-electron chi connectivity index (χ0n) is 18.5. The molecule has 0 radical (unpaired) electrons. The lowest BCUT2D eigenvalue weighted by Crippen LogP contribution is -2.20. The van der Waals surface area contributed by atoms with Crippen molar-refractivity contribution in [3.05, 3.63) is 59.4 Å². The Bertz CT molecular complexity index is 1290. The van der Waals surface area contributed by atoms with E-state index >= 15 is 0 Å². The molecule has 182 valence electrons. The molecule has 3 aromatic rings. The summed E-state index contributed by atoms with van der Waals surface area (Å²) in [5, 5.41) is 6.47. The predicted octanol–water partition coefficient (Wildman–Crippen LogP) is 4.23. The lowest BCUT2D eigenvalue weighted by atomic mass is 9.90. The number of aryl methyl sites for hydroxylation is 1. The largest absolute Gasteiger partial charge is 0.392 e. The van der Waals surface area contributed by atoms with E-state index in [0.29, 0.717) is 5.82 Å². The fraction of sp³-hybridized carbons (Fsp3) is 0.375. The number of nitrogens with one attached hydrogen (secondary N) is 1. The number of primary amides is 1.